The lowest BCUT2D eigenvalue weighted by atomic mass is 10.0. The number of nitrogens with one attached hydrogen (secondary N) is 2. The van der Waals surface area contributed by atoms with E-state index in [1.165, 1.54) is 13.0 Å². The number of para-hydroxylation sites is 2. The molecule has 0 spiro atoms. The molecule has 10 heteroatoms. The van der Waals surface area contributed by atoms with E-state index in [1.54, 1.807) is 55.5 Å². The second kappa shape index (κ2) is 11.0. The number of benzene rings is 3. The highest BCUT2D eigenvalue weighted by molar-refractivity contribution is 7.86. The van der Waals surface area contributed by atoms with Crippen LogP contribution in [0.15, 0.2) is 65.6 Å². The lowest BCUT2D eigenvalue weighted by Gasteiger charge is -2.14. The maximum Gasteiger partial charge on any atom is 0.332 e. The molecule has 0 aliphatic heterocycles. The molecular formula is C25H26FN3O5S. The van der Waals surface area contributed by atoms with Crippen molar-refractivity contribution >= 4 is 27.7 Å². The van der Waals surface area contributed by atoms with Crippen LogP contribution in [0.25, 0.3) is 0 Å². The first-order valence-electron chi connectivity index (χ1n) is 10.7. The van der Waals surface area contributed by atoms with E-state index < -0.39 is 21.0 Å². The molecule has 3 rings (SSSR count). The summed E-state index contributed by atoms with van der Waals surface area (Å²) in [6.45, 7) is 3.77. The van der Waals surface area contributed by atoms with Gasteiger partial charge in [0.2, 0.25) is 0 Å². The number of carbonyl (C=O) groups excluding carboxylic acids is 1. The number of nitrogen functional groups attached to an aromatic ring is 1. The Morgan fingerprint density at radius 2 is 1.71 bits per heavy atom. The summed E-state index contributed by atoms with van der Waals surface area (Å²) in [5, 5.41) is 10.2. The smallest absolute Gasteiger partial charge is 0.332 e. The largest absolute Gasteiger partial charge is 0.493 e. The van der Waals surface area contributed by atoms with Gasteiger partial charge >= 0.3 is 10.2 Å². The van der Waals surface area contributed by atoms with Gasteiger partial charge in [-0.1, -0.05) is 30.3 Å². The first kappa shape index (κ1) is 25.7. The molecule has 0 aromatic heterocycles. The van der Waals surface area contributed by atoms with E-state index in [9.17, 15) is 17.1 Å². The minimum atomic E-state index is -4.96. The molecule has 3 aromatic carbocycles. The summed E-state index contributed by atoms with van der Waals surface area (Å²) in [6, 6.07) is 16.2. The molecule has 0 radical (unpaired) electrons. The maximum absolute atomic E-state index is 13.6. The Labute approximate surface area is 203 Å². The summed E-state index contributed by atoms with van der Waals surface area (Å²) in [5.41, 5.74) is 7.22. The van der Waals surface area contributed by atoms with E-state index >= 15 is 0 Å². The maximum atomic E-state index is 13.6. The molecule has 8 nitrogen and oxygen atoms in total. The van der Waals surface area contributed by atoms with Crippen LogP contribution in [0.1, 0.15) is 33.5 Å². The summed E-state index contributed by atoms with van der Waals surface area (Å²) in [4.78, 5) is 12.3. The Kier molecular flexibility index (Phi) is 8.08. The number of carbonyl (C=O) groups is 1. The summed E-state index contributed by atoms with van der Waals surface area (Å²) in [7, 11) is -4.96. The van der Waals surface area contributed by atoms with Crippen LogP contribution >= 0.6 is 0 Å². The minimum Gasteiger partial charge on any atom is -0.493 e. The number of anilines is 1. The Hall–Kier alpha value is -3.92. The molecule has 4 N–H and O–H groups in total. The van der Waals surface area contributed by atoms with Crippen molar-refractivity contribution in [2.24, 2.45) is 5.73 Å². The van der Waals surface area contributed by atoms with Gasteiger partial charge in [0, 0.05) is 17.5 Å². The average Bonchev–Trinajstić information content (AvgIpc) is 2.79. The van der Waals surface area contributed by atoms with Crippen molar-refractivity contribution in [1.29, 1.82) is 5.41 Å². The van der Waals surface area contributed by atoms with Crippen molar-refractivity contribution in [3.8, 4) is 11.5 Å². The quantitative estimate of drug-likeness (QED) is 0.165. The van der Waals surface area contributed by atoms with Gasteiger partial charge in [0.1, 0.15) is 22.2 Å². The molecule has 0 fully saturated rings. The number of amidine groups is 1. The molecule has 0 atom stereocenters. The molecule has 0 saturated carbocycles. The molecule has 35 heavy (non-hydrogen) atoms. The van der Waals surface area contributed by atoms with Crippen LogP contribution in [0.3, 0.4) is 0 Å². The number of aryl methyl sites for hydroxylation is 2. The van der Waals surface area contributed by atoms with Gasteiger partial charge in [0.25, 0.3) is 5.91 Å². The highest BCUT2D eigenvalue weighted by Crippen LogP contribution is 2.27. The van der Waals surface area contributed by atoms with E-state index in [2.05, 4.69) is 5.32 Å². The third-order valence-electron chi connectivity index (χ3n) is 5.12. The summed E-state index contributed by atoms with van der Waals surface area (Å²) < 4.78 is 47.9. The van der Waals surface area contributed by atoms with Crippen LogP contribution in [0, 0.1) is 19.3 Å². The van der Waals surface area contributed by atoms with Crippen LogP contribution in [-0.4, -0.2) is 33.4 Å². The van der Waals surface area contributed by atoms with Crippen LogP contribution in [-0.2, 0) is 10.2 Å². The van der Waals surface area contributed by atoms with Crippen LogP contribution in [0.2, 0.25) is 0 Å². The average molecular weight is 500 g/mol. The van der Waals surface area contributed by atoms with Crippen LogP contribution in [0.4, 0.5) is 9.57 Å². The van der Waals surface area contributed by atoms with Crippen molar-refractivity contribution in [2.75, 3.05) is 18.5 Å². The fourth-order valence-electron chi connectivity index (χ4n) is 3.41. The van der Waals surface area contributed by atoms with Crippen molar-refractivity contribution in [3.05, 3.63) is 82.9 Å². The molecule has 0 heterocycles. The normalized spacial score (nSPS) is 11.1. The van der Waals surface area contributed by atoms with Crippen molar-refractivity contribution in [1.82, 2.24) is 0 Å². The number of hydrogen-bond donors (Lipinski definition) is 3. The van der Waals surface area contributed by atoms with Gasteiger partial charge < -0.3 is 20.5 Å². The van der Waals surface area contributed by atoms with E-state index in [-0.39, 0.29) is 17.0 Å². The third kappa shape index (κ3) is 6.80. The number of halogens is 1. The van der Waals surface area contributed by atoms with Gasteiger partial charge in [-0.2, -0.15) is 8.42 Å². The monoisotopic (exact) mass is 499 g/mol. The van der Waals surface area contributed by atoms with Crippen molar-refractivity contribution < 1.29 is 26.6 Å². The predicted octanol–water partition coefficient (Wildman–Crippen LogP) is 4.35. The second-order valence-electron chi connectivity index (χ2n) is 7.81. The van der Waals surface area contributed by atoms with Gasteiger partial charge in [-0.25, -0.2) is 0 Å². The predicted molar refractivity (Wildman–Crippen MR) is 132 cm³/mol. The highest BCUT2D eigenvalue weighted by Gasteiger charge is 2.20. The van der Waals surface area contributed by atoms with Gasteiger partial charge in [-0.05, 0) is 55.3 Å². The Morgan fingerprint density at radius 3 is 2.43 bits per heavy atom. The Morgan fingerprint density at radius 1 is 1.00 bits per heavy atom. The van der Waals surface area contributed by atoms with Gasteiger partial charge in [-0.15, -0.1) is 3.89 Å². The van der Waals surface area contributed by atoms with E-state index in [1.807, 2.05) is 0 Å². The summed E-state index contributed by atoms with van der Waals surface area (Å²) in [6.07, 6.45) is 0.543. The zero-order valence-electron chi connectivity index (χ0n) is 19.3. The Bertz CT molecular complexity index is 1360. The van der Waals surface area contributed by atoms with Crippen LogP contribution in [0.5, 0.6) is 11.5 Å². The fourth-order valence-corrected chi connectivity index (χ4v) is 4.11. The molecule has 1 amide bonds. The van der Waals surface area contributed by atoms with E-state index in [0.29, 0.717) is 47.9 Å². The lowest BCUT2D eigenvalue weighted by Crippen LogP contribution is -2.16. The summed E-state index contributed by atoms with van der Waals surface area (Å²) in [5.74, 6) is 0.383. The van der Waals surface area contributed by atoms with Gasteiger partial charge in [0.15, 0.2) is 0 Å². The zero-order chi connectivity index (χ0) is 25.6. The topological polar surface area (TPSA) is 132 Å². The van der Waals surface area contributed by atoms with Crippen molar-refractivity contribution in [3.63, 3.8) is 0 Å². The molecule has 3 aromatic rings. The molecule has 0 saturated heterocycles. The molecular weight excluding hydrogens is 473 g/mol. The van der Waals surface area contributed by atoms with E-state index in [4.69, 9.17) is 20.6 Å². The number of rotatable bonds is 10. The molecule has 184 valence electrons. The number of amides is 1. The fraction of sp³-hybridized carbons (Fsp3) is 0.200. The highest BCUT2D eigenvalue weighted by atomic mass is 32.3. The Balaban J connectivity index is 1.62. The molecule has 0 aliphatic carbocycles. The number of nitrogens with two attached hydrogens (primary N) is 1. The lowest BCUT2D eigenvalue weighted by molar-refractivity contribution is 0.102. The first-order chi connectivity index (χ1) is 16.6. The zero-order valence-corrected chi connectivity index (χ0v) is 20.1. The summed E-state index contributed by atoms with van der Waals surface area (Å²) >= 11 is 0. The van der Waals surface area contributed by atoms with E-state index in [0.717, 1.165) is 6.07 Å². The minimum absolute atomic E-state index is 0.0409. The van der Waals surface area contributed by atoms with Crippen LogP contribution < -0.4 is 20.5 Å². The first-order valence-corrected chi connectivity index (χ1v) is 12.1. The van der Waals surface area contributed by atoms with Crippen molar-refractivity contribution in [2.45, 2.75) is 25.2 Å². The number of hydrogen-bond acceptors (Lipinski definition) is 6. The van der Waals surface area contributed by atoms with Gasteiger partial charge in [0.05, 0.1) is 18.9 Å². The van der Waals surface area contributed by atoms with Gasteiger partial charge in [-0.3, -0.25) is 10.2 Å². The SMILES string of the molecule is Cc1cc(C)c(S(=O)(=O)F)cc1C(=O)Nc1ccccc1OCCCOc1cccc(C(=N)N)c1. The number of ether oxygens (including phenoxy) is 2. The molecule has 0 bridgehead atoms. The second-order valence-corrected chi connectivity index (χ2v) is 9.13. The standard InChI is InChI=1S/C25H26FN3O5S/c1-16-13-17(2)23(35(26,31)32)15-20(16)25(30)29-21-9-3-4-10-22(21)34-12-6-11-33-19-8-5-7-18(14-19)24(27)28/h3-5,7-10,13-15H,6,11-12H2,1-2H3,(H3,27,28)(H,29,30). The molecule has 0 unspecified atom stereocenters. The third-order valence-corrected chi connectivity index (χ3v) is 6.09. The molecule has 0 aliphatic rings.